The van der Waals surface area contributed by atoms with Crippen LogP contribution in [0.15, 0.2) is 35.5 Å². The van der Waals surface area contributed by atoms with E-state index in [2.05, 4.69) is 21.8 Å². The monoisotopic (exact) mass is 414 g/mol. The van der Waals surface area contributed by atoms with Crippen molar-refractivity contribution in [2.75, 3.05) is 5.49 Å². The third kappa shape index (κ3) is 4.64. The molecule has 3 rings (SSSR count). The van der Waals surface area contributed by atoms with Crippen molar-refractivity contribution in [2.45, 2.75) is 5.16 Å². The number of imidazole rings is 1. The Morgan fingerprint density at radius 3 is 2.62 bits per heavy atom. The number of halogens is 3. The van der Waals surface area contributed by atoms with Crippen LogP contribution in [0.1, 0.15) is 11.1 Å². The molecule has 0 spiro atoms. The van der Waals surface area contributed by atoms with E-state index in [-0.39, 0.29) is 5.56 Å². The highest BCUT2D eigenvalue weighted by Crippen LogP contribution is 2.40. The first-order valence-electron chi connectivity index (χ1n) is 7.05. The van der Waals surface area contributed by atoms with Crippen LogP contribution in [-0.2, 0) is 4.57 Å². The molecule has 0 aliphatic heterocycles. The first kappa shape index (κ1) is 18.9. The highest BCUT2D eigenvalue weighted by molar-refractivity contribution is 8.04. The Morgan fingerprint density at radius 1 is 1.19 bits per heavy atom. The first-order chi connectivity index (χ1) is 12.2. The molecule has 0 aliphatic carbocycles. The van der Waals surface area contributed by atoms with Crippen molar-refractivity contribution < 1.29 is 23.1 Å². The maximum absolute atomic E-state index is 13.6. The third-order valence-corrected chi connectivity index (χ3v) is 5.82. The van der Waals surface area contributed by atoms with E-state index in [1.165, 1.54) is 6.07 Å². The lowest BCUT2D eigenvalue weighted by Gasteiger charge is -1.99. The Morgan fingerprint density at radius 2 is 1.92 bits per heavy atom. The number of H-pyrrole nitrogens is 1. The smallest absolute Gasteiger partial charge is 0.333 e. The van der Waals surface area contributed by atoms with Gasteiger partial charge in [-0.1, -0.05) is 35.2 Å². The quantitative estimate of drug-likeness (QED) is 0.341. The molecular weight excluding hydrogens is 405 g/mol. The minimum absolute atomic E-state index is 0.0301. The highest BCUT2D eigenvalue weighted by Gasteiger charge is 2.15. The molecule has 2 aromatic carbocycles. The van der Waals surface area contributed by atoms with E-state index in [0.29, 0.717) is 26.8 Å². The molecule has 3 aromatic rings. The van der Waals surface area contributed by atoms with Crippen LogP contribution in [0.25, 0.3) is 11.0 Å². The van der Waals surface area contributed by atoms with Gasteiger partial charge in [-0.25, -0.2) is 13.8 Å². The number of nitrogens with one attached hydrogen (secondary N) is 1. The van der Waals surface area contributed by atoms with E-state index < -0.39 is 24.7 Å². The molecule has 5 nitrogen and oxygen atoms in total. The lowest BCUT2D eigenvalue weighted by Crippen LogP contribution is -1.86. The summed E-state index contributed by atoms with van der Waals surface area (Å²) in [6.45, 7) is 0. The summed E-state index contributed by atoms with van der Waals surface area (Å²) in [6.07, 6.45) is 0. The van der Waals surface area contributed by atoms with Crippen LogP contribution in [0, 0.1) is 23.5 Å². The van der Waals surface area contributed by atoms with Gasteiger partial charge >= 0.3 is 7.60 Å². The fraction of sp³-hybridized carbons (Fsp3) is 0.0625. The number of hydrogen-bond donors (Lipinski definition) is 3. The average molecular weight is 415 g/mol. The molecule has 3 N–H and O–H groups in total. The second-order valence-electron chi connectivity index (χ2n) is 5.20. The van der Waals surface area contributed by atoms with E-state index in [1.54, 1.807) is 12.1 Å². The molecule has 0 amide bonds. The largest absolute Gasteiger partial charge is 0.335 e. The van der Waals surface area contributed by atoms with Gasteiger partial charge < -0.3 is 14.8 Å². The van der Waals surface area contributed by atoms with Gasteiger partial charge in [-0.05, 0) is 24.3 Å². The average Bonchev–Trinajstić information content (AvgIpc) is 2.93. The maximum Gasteiger partial charge on any atom is 0.335 e. The minimum Gasteiger partial charge on any atom is -0.333 e. The van der Waals surface area contributed by atoms with Gasteiger partial charge in [0.1, 0.15) is 17.1 Å². The van der Waals surface area contributed by atoms with Crippen molar-refractivity contribution in [1.82, 2.24) is 9.97 Å². The zero-order valence-corrected chi connectivity index (χ0v) is 15.3. The van der Waals surface area contributed by atoms with Gasteiger partial charge in [0, 0.05) is 11.6 Å². The zero-order valence-electron chi connectivity index (χ0n) is 12.8. The molecule has 0 saturated carbocycles. The van der Waals surface area contributed by atoms with Gasteiger partial charge in [-0.2, -0.15) is 0 Å². The van der Waals surface area contributed by atoms with E-state index in [9.17, 15) is 13.3 Å². The van der Waals surface area contributed by atoms with Crippen molar-refractivity contribution in [3.05, 3.63) is 58.1 Å². The SMILES string of the molecule is O=P(O)(O)CSc1nc2cc(C#Cc3ccc(F)cc3F)c(Cl)cc2[nH]1. The van der Waals surface area contributed by atoms with Gasteiger partial charge in [0.15, 0.2) is 5.16 Å². The topological polar surface area (TPSA) is 86.2 Å². The molecule has 0 unspecified atom stereocenters. The van der Waals surface area contributed by atoms with E-state index >= 15 is 0 Å². The summed E-state index contributed by atoms with van der Waals surface area (Å²) in [5.74, 6) is 3.85. The molecule has 10 heteroatoms. The summed E-state index contributed by atoms with van der Waals surface area (Å²) < 4.78 is 37.5. The Bertz CT molecular complexity index is 1100. The van der Waals surface area contributed by atoms with E-state index in [4.69, 9.17) is 21.4 Å². The number of thioether (sulfide) groups is 1. The van der Waals surface area contributed by atoms with E-state index in [1.807, 2.05) is 0 Å². The van der Waals surface area contributed by atoms with Crippen LogP contribution in [0.2, 0.25) is 5.02 Å². The van der Waals surface area contributed by atoms with E-state index in [0.717, 1.165) is 23.9 Å². The van der Waals surface area contributed by atoms with Gasteiger partial charge in [-0.15, -0.1) is 0 Å². The standard InChI is InChI=1S/C16H10ClF2N2O3PS/c17-12-7-15-14(20-16(21-15)26-8-25(22,23)24)5-10(12)2-1-9-3-4-11(18)6-13(9)19/h3-7H,8H2,(H,20,21)(H2,22,23,24). The molecule has 1 aromatic heterocycles. The second-order valence-corrected chi connectivity index (χ2v) is 8.65. The van der Waals surface area contributed by atoms with Crippen molar-refractivity contribution in [2.24, 2.45) is 0 Å². The summed E-state index contributed by atoms with van der Waals surface area (Å²) in [7, 11) is -4.15. The summed E-state index contributed by atoms with van der Waals surface area (Å²) >= 11 is 7.04. The Labute approximate surface area is 156 Å². The van der Waals surface area contributed by atoms with Gasteiger partial charge in [0.05, 0.1) is 21.6 Å². The van der Waals surface area contributed by atoms with Crippen molar-refractivity contribution in [3.8, 4) is 11.8 Å². The second kappa shape index (κ2) is 7.39. The summed E-state index contributed by atoms with van der Waals surface area (Å²) in [6, 6.07) is 6.22. The number of rotatable bonds is 3. The minimum atomic E-state index is -4.15. The molecule has 0 bridgehead atoms. The molecule has 1 heterocycles. The predicted molar refractivity (Wildman–Crippen MR) is 96.2 cm³/mol. The predicted octanol–water partition coefficient (Wildman–Crippen LogP) is 4.12. The number of aromatic nitrogens is 2. The summed E-state index contributed by atoms with van der Waals surface area (Å²) in [5, 5.41) is 0.622. The molecule has 26 heavy (non-hydrogen) atoms. The zero-order chi connectivity index (χ0) is 18.9. The van der Waals surface area contributed by atoms with Crippen LogP contribution < -0.4 is 0 Å². The molecule has 134 valence electrons. The number of benzene rings is 2. The Hall–Kier alpha value is -1.88. The fourth-order valence-electron chi connectivity index (χ4n) is 2.04. The Kier molecular flexibility index (Phi) is 5.37. The van der Waals surface area contributed by atoms with Crippen LogP contribution in [0.3, 0.4) is 0 Å². The van der Waals surface area contributed by atoms with Gasteiger partial charge in [-0.3, -0.25) is 4.57 Å². The number of hydrogen-bond acceptors (Lipinski definition) is 3. The fourth-order valence-corrected chi connectivity index (χ4v) is 3.76. The Balaban J connectivity index is 1.91. The molecule has 0 saturated heterocycles. The third-order valence-electron chi connectivity index (χ3n) is 3.18. The van der Waals surface area contributed by atoms with Crippen molar-refractivity contribution in [1.29, 1.82) is 0 Å². The molecular formula is C16H10ClF2N2O3PS. The number of nitrogens with zero attached hydrogens (tertiary/aromatic N) is 1. The molecule has 0 atom stereocenters. The normalized spacial score (nSPS) is 11.4. The first-order valence-corrected chi connectivity index (χ1v) is 10.2. The molecule has 0 radical (unpaired) electrons. The van der Waals surface area contributed by atoms with Crippen LogP contribution in [-0.4, -0.2) is 25.2 Å². The number of aromatic amines is 1. The summed E-state index contributed by atoms with van der Waals surface area (Å²) in [4.78, 5) is 24.9. The van der Waals surface area contributed by atoms with Crippen LogP contribution >= 0.6 is 31.0 Å². The number of fused-ring (bicyclic) bond motifs is 1. The van der Waals surface area contributed by atoms with Gasteiger partial charge in [0.2, 0.25) is 0 Å². The lowest BCUT2D eigenvalue weighted by molar-refractivity contribution is 0.379. The van der Waals surface area contributed by atoms with Crippen LogP contribution in [0.4, 0.5) is 8.78 Å². The van der Waals surface area contributed by atoms with Gasteiger partial charge in [0.25, 0.3) is 0 Å². The maximum atomic E-state index is 13.6. The van der Waals surface area contributed by atoms with Crippen LogP contribution in [0.5, 0.6) is 0 Å². The van der Waals surface area contributed by atoms with Crippen molar-refractivity contribution in [3.63, 3.8) is 0 Å². The summed E-state index contributed by atoms with van der Waals surface area (Å²) in [5.41, 5.74) is 1.08. The lowest BCUT2D eigenvalue weighted by atomic mass is 10.1. The molecule has 0 fully saturated rings. The molecule has 0 aliphatic rings. The van der Waals surface area contributed by atoms with Crippen molar-refractivity contribution >= 4 is 42.0 Å². The highest BCUT2D eigenvalue weighted by atomic mass is 35.5.